The van der Waals surface area contributed by atoms with E-state index in [1.165, 1.54) is 36.4 Å². The molecule has 0 saturated heterocycles. The normalized spacial score (nSPS) is 10.8. The van der Waals surface area contributed by atoms with E-state index in [-0.39, 0.29) is 33.3 Å². The van der Waals surface area contributed by atoms with E-state index in [9.17, 15) is 18.0 Å². The molecule has 0 atom stereocenters. The molecule has 1 amide bonds. The number of hydrogen-bond donors (Lipinski definition) is 2. The van der Waals surface area contributed by atoms with Gasteiger partial charge in [0.1, 0.15) is 5.69 Å². The van der Waals surface area contributed by atoms with E-state index in [1.807, 2.05) is 6.07 Å². The number of alkyl halides is 3. The second-order valence-corrected chi connectivity index (χ2v) is 6.65. The fourth-order valence-electron chi connectivity index (χ4n) is 2.23. The molecule has 31 heavy (non-hydrogen) atoms. The summed E-state index contributed by atoms with van der Waals surface area (Å²) < 4.78 is 43.5. The van der Waals surface area contributed by atoms with Crippen LogP contribution in [0.1, 0.15) is 5.56 Å². The summed E-state index contributed by atoms with van der Waals surface area (Å²) >= 11 is 12.1. The van der Waals surface area contributed by atoms with Gasteiger partial charge in [-0.05, 0) is 36.4 Å². The molecule has 0 aliphatic rings. The molecule has 1 heterocycles. The number of benzene rings is 2. The highest BCUT2D eigenvalue weighted by molar-refractivity contribution is 6.37. The average Bonchev–Trinajstić information content (AvgIpc) is 2.72. The molecule has 2 N–H and O–H groups in total. The van der Waals surface area contributed by atoms with Gasteiger partial charge in [0.15, 0.2) is 11.6 Å². The van der Waals surface area contributed by atoms with Crippen LogP contribution in [0.2, 0.25) is 10.0 Å². The molecule has 0 bridgehead atoms. The van der Waals surface area contributed by atoms with E-state index in [0.717, 1.165) is 6.20 Å². The minimum Gasteiger partial charge on any atom is -0.421 e. The molecular formula is C19H10Cl2F3N5O2. The topological polar surface area (TPSA) is 99.9 Å². The third kappa shape index (κ3) is 5.53. The van der Waals surface area contributed by atoms with Crippen LogP contribution in [0, 0.1) is 11.3 Å². The number of rotatable bonds is 5. The first kappa shape index (κ1) is 22.1. The van der Waals surface area contributed by atoms with Gasteiger partial charge < -0.3 is 15.4 Å². The molecule has 2 aromatic carbocycles. The van der Waals surface area contributed by atoms with Crippen molar-refractivity contribution in [1.82, 2.24) is 9.97 Å². The Bertz CT molecular complexity index is 1140. The van der Waals surface area contributed by atoms with Crippen LogP contribution in [0.4, 0.5) is 30.4 Å². The monoisotopic (exact) mass is 467 g/mol. The number of halogens is 5. The van der Waals surface area contributed by atoms with Gasteiger partial charge in [-0.15, -0.1) is 0 Å². The number of nitrogens with zero attached hydrogens (tertiary/aromatic N) is 3. The molecule has 0 unspecified atom stereocenters. The highest BCUT2D eigenvalue weighted by atomic mass is 35.5. The Morgan fingerprint density at radius 2 is 1.74 bits per heavy atom. The molecule has 0 fully saturated rings. The molecule has 0 radical (unpaired) electrons. The second kappa shape index (κ2) is 9.07. The quantitative estimate of drug-likeness (QED) is 0.499. The first-order chi connectivity index (χ1) is 14.7. The van der Waals surface area contributed by atoms with Gasteiger partial charge >= 0.3 is 18.1 Å². The maximum absolute atomic E-state index is 12.7. The number of hydrogen-bond acceptors (Lipinski definition) is 6. The largest absolute Gasteiger partial charge is 0.471 e. The molecule has 158 valence electrons. The molecule has 0 aliphatic carbocycles. The lowest BCUT2D eigenvalue weighted by molar-refractivity contribution is -0.167. The third-order valence-electron chi connectivity index (χ3n) is 3.66. The van der Waals surface area contributed by atoms with Crippen molar-refractivity contribution in [2.45, 2.75) is 6.18 Å². The first-order valence-corrected chi connectivity index (χ1v) is 9.07. The van der Waals surface area contributed by atoms with Crippen molar-refractivity contribution >= 4 is 46.3 Å². The summed E-state index contributed by atoms with van der Waals surface area (Å²) in [5.41, 5.74) is 0.391. The fraction of sp³-hybridized carbons (Fsp3) is 0.0526. The summed E-state index contributed by atoms with van der Waals surface area (Å²) in [6.45, 7) is 0. The number of para-hydroxylation sites is 1. The Labute approximate surface area is 183 Å². The predicted molar refractivity (Wildman–Crippen MR) is 108 cm³/mol. The molecule has 0 spiro atoms. The molecule has 0 saturated carbocycles. The number of anilines is 3. The van der Waals surface area contributed by atoms with E-state index in [1.54, 1.807) is 11.4 Å². The lowest BCUT2D eigenvalue weighted by Gasteiger charge is -2.14. The van der Waals surface area contributed by atoms with Crippen LogP contribution in [0.25, 0.3) is 0 Å². The van der Waals surface area contributed by atoms with Crippen LogP contribution in [0.3, 0.4) is 0 Å². The van der Waals surface area contributed by atoms with Gasteiger partial charge in [0.25, 0.3) is 0 Å². The molecule has 3 aromatic rings. The maximum atomic E-state index is 12.7. The second-order valence-electron chi connectivity index (χ2n) is 5.83. The summed E-state index contributed by atoms with van der Waals surface area (Å²) in [6, 6.07) is 12.2. The van der Waals surface area contributed by atoms with Gasteiger partial charge in [0, 0.05) is 5.69 Å². The van der Waals surface area contributed by atoms with Crippen LogP contribution >= 0.6 is 23.2 Å². The lowest BCUT2D eigenvalue weighted by atomic mass is 10.2. The zero-order valence-electron chi connectivity index (χ0n) is 15.2. The molecular weight excluding hydrogens is 458 g/mol. The Morgan fingerprint density at radius 3 is 2.32 bits per heavy atom. The maximum Gasteiger partial charge on any atom is 0.471 e. The summed E-state index contributed by atoms with van der Waals surface area (Å²) in [6.07, 6.45) is -4.19. The van der Waals surface area contributed by atoms with Crippen LogP contribution in [0.5, 0.6) is 11.8 Å². The number of nitrogens with one attached hydrogen (secondary N) is 2. The van der Waals surface area contributed by atoms with Crippen LogP contribution in [-0.4, -0.2) is 22.1 Å². The lowest BCUT2D eigenvalue weighted by Crippen LogP contribution is -2.30. The number of aromatic nitrogens is 2. The summed E-state index contributed by atoms with van der Waals surface area (Å²) in [5.74, 6) is -2.36. The Kier molecular flexibility index (Phi) is 6.48. The summed E-state index contributed by atoms with van der Waals surface area (Å²) in [7, 11) is 0. The standard InChI is InChI=1S/C19H10Cl2F3N5O2/c20-12-2-1-3-13(21)15(12)31-18-26-9-14(28-17(30)19(22,23)24)16(29-18)27-11-6-4-10(8-25)5-7-11/h1-7,9H,(H,28,30)(H,26,27,29). The van der Waals surface area contributed by atoms with Gasteiger partial charge in [-0.25, -0.2) is 4.98 Å². The Hall–Kier alpha value is -3.55. The van der Waals surface area contributed by atoms with Crippen molar-refractivity contribution < 1.29 is 22.7 Å². The zero-order chi connectivity index (χ0) is 22.6. The van der Waals surface area contributed by atoms with Gasteiger partial charge in [0.05, 0.1) is 27.9 Å². The average molecular weight is 468 g/mol. The van der Waals surface area contributed by atoms with Crippen molar-refractivity contribution in [3.05, 3.63) is 64.3 Å². The molecule has 7 nitrogen and oxygen atoms in total. The van der Waals surface area contributed by atoms with Gasteiger partial charge in [-0.1, -0.05) is 29.3 Å². The van der Waals surface area contributed by atoms with Gasteiger partial charge in [-0.2, -0.15) is 23.4 Å². The highest BCUT2D eigenvalue weighted by Crippen LogP contribution is 2.36. The highest BCUT2D eigenvalue weighted by Gasteiger charge is 2.39. The number of carbonyl (C=O) groups excluding carboxylic acids is 1. The minimum atomic E-state index is -5.12. The van der Waals surface area contributed by atoms with Crippen molar-refractivity contribution in [3.8, 4) is 17.8 Å². The minimum absolute atomic E-state index is 0.0437. The third-order valence-corrected chi connectivity index (χ3v) is 4.26. The molecule has 0 aliphatic heterocycles. The van der Waals surface area contributed by atoms with E-state index in [4.69, 9.17) is 33.2 Å². The number of nitriles is 1. The molecule has 3 rings (SSSR count). The van der Waals surface area contributed by atoms with Crippen LogP contribution in [0.15, 0.2) is 48.7 Å². The first-order valence-electron chi connectivity index (χ1n) is 8.31. The predicted octanol–water partition coefficient (Wildman–Crippen LogP) is 5.69. The Balaban J connectivity index is 1.96. The Morgan fingerprint density at radius 1 is 1.10 bits per heavy atom. The summed E-state index contributed by atoms with van der Waals surface area (Å²) in [4.78, 5) is 19.2. The van der Waals surface area contributed by atoms with Crippen molar-refractivity contribution in [1.29, 1.82) is 5.26 Å². The van der Waals surface area contributed by atoms with E-state index in [2.05, 4.69) is 15.3 Å². The smallest absolute Gasteiger partial charge is 0.421 e. The number of ether oxygens (including phenoxy) is 1. The zero-order valence-corrected chi connectivity index (χ0v) is 16.7. The number of carbonyl (C=O) groups is 1. The number of amides is 1. The van der Waals surface area contributed by atoms with Crippen LogP contribution in [-0.2, 0) is 4.79 Å². The van der Waals surface area contributed by atoms with E-state index >= 15 is 0 Å². The van der Waals surface area contributed by atoms with Gasteiger partial charge in [-0.3, -0.25) is 4.79 Å². The fourth-order valence-corrected chi connectivity index (χ4v) is 2.71. The SMILES string of the molecule is N#Cc1ccc(Nc2nc(Oc3c(Cl)cccc3Cl)ncc2NC(=O)C(F)(F)F)cc1. The summed E-state index contributed by atoms with van der Waals surface area (Å²) in [5, 5.41) is 13.6. The molecule has 1 aromatic heterocycles. The van der Waals surface area contributed by atoms with Crippen molar-refractivity contribution in [2.75, 3.05) is 10.6 Å². The van der Waals surface area contributed by atoms with Crippen molar-refractivity contribution in [2.24, 2.45) is 0 Å². The molecule has 12 heteroatoms. The van der Waals surface area contributed by atoms with Crippen LogP contribution < -0.4 is 15.4 Å². The van der Waals surface area contributed by atoms with E-state index < -0.39 is 12.1 Å². The van der Waals surface area contributed by atoms with Crippen molar-refractivity contribution in [3.63, 3.8) is 0 Å². The van der Waals surface area contributed by atoms with Gasteiger partial charge in [0.2, 0.25) is 0 Å². The van der Waals surface area contributed by atoms with E-state index in [0.29, 0.717) is 11.3 Å².